The number of hydrogen-bond acceptors (Lipinski definition) is 6. The monoisotopic (exact) mass is 428 g/mol. The van der Waals surface area contributed by atoms with Crippen LogP contribution >= 0.6 is 11.3 Å². The van der Waals surface area contributed by atoms with E-state index in [2.05, 4.69) is 5.38 Å². The highest BCUT2D eigenvalue weighted by molar-refractivity contribution is 7.92. The Labute approximate surface area is 170 Å². The summed E-state index contributed by atoms with van der Waals surface area (Å²) in [6.07, 6.45) is 4.40. The van der Waals surface area contributed by atoms with E-state index in [1.54, 1.807) is 16.2 Å². The normalized spacial score (nSPS) is 27.7. The molecule has 0 unspecified atom stereocenters. The third-order valence-electron chi connectivity index (χ3n) is 5.92. The minimum atomic E-state index is -3.10. The third kappa shape index (κ3) is 4.11. The molecule has 3 heterocycles. The minimum absolute atomic E-state index is 0.0232. The van der Waals surface area contributed by atoms with Crippen LogP contribution in [-0.4, -0.2) is 79.4 Å². The first-order valence-corrected chi connectivity index (χ1v) is 12.2. The van der Waals surface area contributed by atoms with Gasteiger partial charge >= 0.3 is 0 Å². The van der Waals surface area contributed by atoms with Gasteiger partial charge in [0.05, 0.1) is 15.9 Å². The Bertz CT molecular complexity index is 858. The maximum absolute atomic E-state index is 13.0. The van der Waals surface area contributed by atoms with E-state index in [0.29, 0.717) is 13.1 Å². The van der Waals surface area contributed by atoms with E-state index in [1.807, 2.05) is 19.0 Å². The number of amides is 1. The zero-order chi connectivity index (χ0) is 20.6. The molecule has 0 bridgehead atoms. The fourth-order valence-electron chi connectivity index (χ4n) is 4.57. The van der Waals surface area contributed by atoms with E-state index in [-0.39, 0.29) is 28.9 Å². The summed E-state index contributed by atoms with van der Waals surface area (Å²) in [6.45, 7) is 2.01. The van der Waals surface area contributed by atoms with E-state index in [9.17, 15) is 13.2 Å². The number of sulfone groups is 1. The molecule has 2 fully saturated rings. The Morgan fingerprint density at radius 3 is 2.50 bits per heavy atom. The van der Waals surface area contributed by atoms with Crippen LogP contribution in [0.25, 0.3) is 0 Å². The van der Waals surface area contributed by atoms with Crippen LogP contribution in [-0.2, 0) is 27.5 Å². The second-order valence-electron chi connectivity index (χ2n) is 8.07. The van der Waals surface area contributed by atoms with Crippen LogP contribution in [0.2, 0.25) is 0 Å². The van der Waals surface area contributed by atoms with Gasteiger partial charge in [-0.25, -0.2) is 8.42 Å². The second kappa shape index (κ2) is 8.12. The van der Waals surface area contributed by atoms with Crippen molar-refractivity contribution in [3.63, 3.8) is 0 Å². The maximum atomic E-state index is 13.0. The summed E-state index contributed by atoms with van der Waals surface area (Å²) < 4.78 is 25.0. The Balaban J connectivity index is 0.000000516. The predicted molar refractivity (Wildman–Crippen MR) is 109 cm³/mol. The van der Waals surface area contributed by atoms with Crippen LogP contribution < -0.4 is 0 Å². The van der Waals surface area contributed by atoms with Gasteiger partial charge in [0.15, 0.2) is 9.84 Å². The highest BCUT2D eigenvalue weighted by Crippen LogP contribution is 2.38. The minimum Gasteiger partial charge on any atom is -0.481 e. The van der Waals surface area contributed by atoms with Gasteiger partial charge in [-0.3, -0.25) is 9.59 Å². The summed E-state index contributed by atoms with van der Waals surface area (Å²) in [5.41, 5.74) is 2.55. The van der Waals surface area contributed by atoms with Crippen LogP contribution in [0, 0.1) is 5.92 Å². The molecule has 1 aliphatic carbocycles. The maximum Gasteiger partial charge on any atom is 0.300 e. The van der Waals surface area contributed by atoms with Crippen molar-refractivity contribution in [2.45, 2.75) is 43.9 Å². The first-order chi connectivity index (χ1) is 13.1. The van der Waals surface area contributed by atoms with Gasteiger partial charge < -0.3 is 14.9 Å². The lowest BCUT2D eigenvalue weighted by Gasteiger charge is -2.25. The number of carboxylic acids is 1. The number of carbonyl (C=O) groups excluding carboxylic acids is 1. The Kier molecular flexibility index (Phi) is 6.17. The Morgan fingerprint density at radius 2 is 1.86 bits per heavy atom. The first kappa shape index (κ1) is 21.3. The van der Waals surface area contributed by atoms with Crippen LogP contribution in [0.5, 0.6) is 0 Å². The quantitative estimate of drug-likeness (QED) is 0.767. The molecular weight excluding hydrogens is 400 g/mol. The van der Waals surface area contributed by atoms with Crippen molar-refractivity contribution in [3.05, 3.63) is 21.4 Å². The molecule has 3 atom stereocenters. The van der Waals surface area contributed by atoms with Crippen molar-refractivity contribution in [1.82, 2.24) is 9.80 Å². The van der Waals surface area contributed by atoms with E-state index in [4.69, 9.17) is 9.90 Å². The van der Waals surface area contributed by atoms with Crippen molar-refractivity contribution in [1.29, 1.82) is 0 Å². The van der Waals surface area contributed by atoms with Crippen molar-refractivity contribution in [2.75, 3.05) is 32.9 Å². The average molecular weight is 429 g/mol. The molecule has 7 nitrogen and oxygen atoms in total. The van der Waals surface area contributed by atoms with E-state index >= 15 is 0 Å². The largest absolute Gasteiger partial charge is 0.481 e. The molecule has 3 aliphatic rings. The molecule has 1 N–H and O–H groups in total. The van der Waals surface area contributed by atoms with Gasteiger partial charge in [0.25, 0.3) is 11.9 Å². The van der Waals surface area contributed by atoms with Gasteiger partial charge in [0, 0.05) is 32.0 Å². The zero-order valence-corrected chi connectivity index (χ0v) is 18.2. The molecule has 2 saturated heterocycles. The number of likely N-dealkylation sites (tertiary alicyclic amines) is 1. The second-order valence-corrected chi connectivity index (χ2v) is 11.2. The van der Waals surface area contributed by atoms with Crippen molar-refractivity contribution in [2.24, 2.45) is 5.92 Å². The van der Waals surface area contributed by atoms with Crippen LogP contribution in [0.15, 0.2) is 5.38 Å². The van der Waals surface area contributed by atoms with Gasteiger partial charge in [-0.1, -0.05) is 0 Å². The van der Waals surface area contributed by atoms with Gasteiger partial charge in [0.2, 0.25) is 0 Å². The molecule has 0 radical (unpaired) electrons. The number of fused-ring (bicyclic) bond motifs is 2. The number of aryl methyl sites for hydroxylation is 1. The summed E-state index contributed by atoms with van der Waals surface area (Å²) in [4.78, 5) is 26.7. The van der Waals surface area contributed by atoms with Crippen LogP contribution in [0.1, 0.15) is 40.6 Å². The summed E-state index contributed by atoms with van der Waals surface area (Å²) >= 11 is 1.54. The molecule has 0 aromatic carbocycles. The molecule has 0 spiro atoms. The third-order valence-corrected chi connectivity index (χ3v) is 9.20. The van der Waals surface area contributed by atoms with Gasteiger partial charge in [-0.2, -0.15) is 0 Å². The lowest BCUT2D eigenvalue weighted by atomic mass is 9.93. The molecule has 28 heavy (non-hydrogen) atoms. The number of nitrogens with zero attached hydrogens (tertiary/aromatic N) is 2. The van der Waals surface area contributed by atoms with Gasteiger partial charge in [-0.05, 0) is 56.3 Å². The van der Waals surface area contributed by atoms with E-state index in [1.165, 1.54) is 17.5 Å². The number of carboxylic acid groups (broad SMARTS) is 1. The van der Waals surface area contributed by atoms with Crippen LogP contribution in [0.4, 0.5) is 0 Å². The molecule has 2 aliphatic heterocycles. The molecule has 1 amide bonds. The SMILES string of the molecule is CC(=O)O.CN(C)[C@@H]1CS(=O)(=O)[C@H]2CN(C(=O)c3scc4c3CCCC4)C[C@@H]12. The summed E-state index contributed by atoms with van der Waals surface area (Å²) in [6, 6.07) is 0.0232. The molecule has 156 valence electrons. The lowest BCUT2D eigenvalue weighted by Crippen LogP contribution is -2.38. The highest BCUT2D eigenvalue weighted by atomic mass is 32.2. The number of carbonyl (C=O) groups is 2. The van der Waals surface area contributed by atoms with Crippen molar-refractivity contribution >= 4 is 33.1 Å². The molecular formula is C19H28N2O5S2. The van der Waals surface area contributed by atoms with Crippen molar-refractivity contribution in [3.8, 4) is 0 Å². The average Bonchev–Trinajstić information content (AvgIpc) is 3.28. The predicted octanol–water partition coefficient (Wildman–Crippen LogP) is 1.52. The smallest absolute Gasteiger partial charge is 0.300 e. The molecule has 9 heteroatoms. The topological polar surface area (TPSA) is 95.0 Å². The van der Waals surface area contributed by atoms with Gasteiger partial charge in [-0.15, -0.1) is 11.3 Å². The first-order valence-electron chi connectivity index (χ1n) is 9.58. The number of rotatable bonds is 2. The highest BCUT2D eigenvalue weighted by Gasteiger charge is 2.53. The van der Waals surface area contributed by atoms with Gasteiger partial charge in [0.1, 0.15) is 0 Å². The van der Waals surface area contributed by atoms with E-state index in [0.717, 1.165) is 31.1 Å². The van der Waals surface area contributed by atoms with Crippen LogP contribution in [0.3, 0.4) is 0 Å². The Hall–Kier alpha value is -1.45. The molecule has 1 aromatic rings. The summed E-state index contributed by atoms with van der Waals surface area (Å²) in [7, 11) is 0.764. The number of aliphatic carboxylic acids is 1. The van der Waals surface area contributed by atoms with E-state index < -0.39 is 15.8 Å². The summed E-state index contributed by atoms with van der Waals surface area (Å²) in [5, 5.41) is 9.16. The molecule has 1 aromatic heterocycles. The summed E-state index contributed by atoms with van der Waals surface area (Å²) in [5.74, 6) is -0.513. The molecule has 4 rings (SSSR count). The molecule has 0 saturated carbocycles. The van der Waals surface area contributed by atoms with Crippen molar-refractivity contribution < 1.29 is 23.1 Å². The number of thiophene rings is 1. The fourth-order valence-corrected chi connectivity index (χ4v) is 8.18. The fraction of sp³-hybridized carbons (Fsp3) is 0.684. The Morgan fingerprint density at radius 1 is 1.21 bits per heavy atom. The standard InChI is InChI=1S/C17H24N2O3S2.C2H4O2/c1-18(2)14-10-24(21,22)15-8-19(7-13(14)15)17(20)16-12-6-4-3-5-11(12)9-23-16;1-2(3)4/h9,13-15H,3-8,10H2,1-2H3;1H3,(H,3,4)/t13-,14+,15-;/m0./s1. The lowest BCUT2D eigenvalue weighted by molar-refractivity contribution is -0.134. The number of hydrogen-bond donors (Lipinski definition) is 1. The zero-order valence-electron chi connectivity index (χ0n) is 16.6.